The summed E-state index contributed by atoms with van der Waals surface area (Å²) >= 11 is 0. The van der Waals surface area contributed by atoms with Crippen molar-refractivity contribution in [2.24, 2.45) is 11.8 Å². The number of piperidine rings is 1. The highest BCUT2D eigenvalue weighted by Crippen LogP contribution is 2.25. The van der Waals surface area contributed by atoms with Crippen LogP contribution in [0, 0.1) is 11.8 Å². The molecule has 0 amide bonds. The van der Waals surface area contributed by atoms with Crippen LogP contribution < -0.4 is 0 Å². The summed E-state index contributed by atoms with van der Waals surface area (Å²) < 4.78 is 0. The van der Waals surface area contributed by atoms with E-state index in [1.807, 2.05) is 0 Å². The fourth-order valence-electron chi connectivity index (χ4n) is 1.86. The van der Waals surface area contributed by atoms with E-state index in [0.29, 0.717) is 0 Å². The van der Waals surface area contributed by atoms with Gasteiger partial charge < -0.3 is 4.90 Å². The van der Waals surface area contributed by atoms with Crippen LogP contribution in [0.2, 0.25) is 0 Å². The van der Waals surface area contributed by atoms with Gasteiger partial charge in [-0.2, -0.15) is 0 Å². The number of likely N-dealkylation sites (tertiary alicyclic amines) is 1. The average Bonchev–Trinajstić information content (AvgIpc) is 1.94. The highest BCUT2D eigenvalue weighted by atomic mass is 15.1. The van der Waals surface area contributed by atoms with Gasteiger partial charge in [0.1, 0.15) is 0 Å². The lowest BCUT2D eigenvalue weighted by atomic mass is 9.86. The Labute approximate surface area is 70.8 Å². The van der Waals surface area contributed by atoms with E-state index in [-0.39, 0.29) is 0 Å². The maximum Gasteiger partial charge on any atom is 0.00641 e. The number of nitrogens with zero attached hydrogens (tertiary/aromatic N) is 1. The van der Waals surface area contributed by atoms with Crippen LogP contribution in [0.3, 0.4) is 0 Å². The predicted molar refractivity (Wildman–Crippen MR) is 49.7 cm³/mol. The fraction of sp³-hybridized carbons (Fsp3) is 1.00. The van der Waals surface area contributed by atoms with Crippen molar-refractivity contribution in [3.63, 3.8) is 0 Å². The van der Waals surface area contributed by atoms with Crippen LogP contribution in [-0.2, 0) is 0 Å². The summed E-state index contributed by atoms with van der Waals surface area (Å²) in [5.41, 5.74) is 0. The van der Waals surface area contributed by atoms with Gasteiger partial charge in [-0.25, -0.2) is 0 Å². The first-order chi connectivity index (χ1) is 5.11. The van der Waals surface area contributed by atoms with Crippen LogP contribution in [0.4, 0.5) is 0 Å². The second kappa shape index (κ2) is 3.57. The van der Waals surface area contributed by atoms with Crippen molar-refractivity contribution in [3.05, 3.63) is 0 Å². The van der Waals surface area contributed by atoms with Crippen molar-refractivity contribution in [3.8, 4) is 0 Å². The van der Waals surface area contributed by atoms with Gasteiger partial charge in [-0.05, 0) is 38.6 Å². The molecule has 66 valence electrons. The minimum absolute atomic E-state index is 0.810. The Bertz CT molecular complexity index is 120. The quantitative estimate of drug-likeness (QED) is 0.562. The topological polar surface area (TPSA) is 3.24 Å². The SMILES string of the molecule is CC(C)[C@H]1CC[C@@H](C)N(C)C1. The number of rotatable bonds is 1. The molecule has 0 N–H and O–H groups in total. The molecule has 11 heavy (non-hydrogen) atoms. The number of hydrogen-bond acceptors (Lipinski definition) is 1. The molecule has 1 heteroatoms. The zero-order valence-corrected chi connectivity index (χ0v) is 8.30. The zero-order valence-electron chi connectivity index (χ0n) is 8.30. The Morgan fingerprint density at radius 3 is 2.36 bits per heavy atom. The van der Waals surface area contributed by atoms with Gasteiger partial charge in [-0.1, -0.05) is 13.8 Å². The van der Waals surface area contributed by atoms with E-state index in [2.05, 4.69) is 32.7 Å². The first-order valence-electron chi connectivity index (χ1n) is 4.81. The second-order valence-electron chi connectivity index (χ2n) is 4.37. The predicted octanol–water partition coefficient (Wildman–Crippen LogP) is 2.37. The largest absolute Gasteiger partial charge is 0.303 e. The maximum absolute atomic E-state index is 2.49. The molecule has 0 aromatic carbocycles. The minimum atomic E-state index is 0.810. The smallest absolute Gasteiger partial charge is 0.00641 e. The Hall–Kier alpha value is -0.0400. The van der Waals surface area contributed by atoms with Crippen LogP contribution >= 0.6 is 0 Å². The third kappa shape index (κ3) is 2.19. The summed E-state index contributed by atoms with van der Waals surface area (Å²) in [7, 11) is 2.25. The Morgan fingerprint density at radius 1 is 1.27 bits per heavy atom. The normalized spacial score (nSPS) is 34.6. The molecule has 1 aliphatic heterocycles. The highest BCUT2D eigenvalue weighted by Gasteiger charge is 2.24. The highest BCUT2D eigenvalue weighted by molar-refractivity contribution is 4.77. The monoisotopic (exact) mass is 155 g/mol. The molecule has 0 spiro atoms. The molecule has 2 atom stereocenters. The number of hydrogen-bond donors (Lipinski definition) is 0. The first-order valence-corrected chi connectivity index (χ1v) is 4.81. The molecule has 1 nitrogen and oxygen atoms in total. The van der Waals surface area contributed by atoms with Gasteiger partial charge in [0.15, 0.2) is 0 Å². The summed E-state index contributed by atoms with van der Waals surface area (Å²) in [5, 5.41) is 0. The van der Waals surface area contributed by atoms with E-state index in [9.17, 15) is 0 Å². The summed E-state index contributed by atoms with van der Waals surface area (Å²) in [5.74, 6) is 1.81. The summed E-state index contributed by atoms with van der Waals surface area (Å²) in [4.78, 5) is 2.49. The van der Waals surface area contributed by atoms with Gasteiger partial charge in [0, 0.05) is 12.6 Å². The van der Waals surface area contributed by atoms with Crippen molar-refractivity contribution < 1.29 is 0 Å². The zero-order chi connectivity index (χ0) is 8.43. The maximum atomic E-state index is 2.49. The molecule has 1 heterocycles. The molecule has 1 rings (SSSR count). The third-order valence-electron chi connectivity index (χ3n) is 3.17. The lowest BCUT2D eigenvalue weighted by Crippen LogP contribution is -2.40. The average molecular weight is 155 g/mol. The third-order valence-corrected chi connectivity index (χ3v) is 3.17. The van der Waals surface area contributed by atoms with Gasteiger partial charge in [0.2, 0.25) is 0 Å². The molecule has 1 saturated heterocycles. The first kappa shape index (κ1) is 9.05. The molecule has 0 bridgehead atoms. The molecule has 1 fully saturated rings. The minimum Gasteiger partial charge on any atom is -0.303 e. The molecule has 0 aromatic heterocycles. The summed E-state index contributed by atoms with van der Waals surface area (Å²) in [6.07, 6.45) is 2.82. The van der Waals surface area contributed by atoms with Crippen molar-refractivity contribution in [2.45, 2.75) is 39.7 Å². The Morgan fingerprint density at radius 2 is 1.91 bits per heavy atom. The lowest BCUT2D eigenvalue weighted by Gasteiger charge is -2.37. The van der Waals surface area contributed by atoms with Crippen LogP contribution in [-0.4, -0.2) is 24.5 Å². The molecule has 0 saturated carbocycles. The van der Waals surface area contributed by atoms with Gasteiger partial charge in [-0.3, -0.25) is 0 Å². The van der Waals surface area contributed by atoms with Crippen molar-refractivity contribution in [2.75, 3.05) is 13.6 Å². The second-order valence-corrected chi connectivity index (χ2v) is 4.37. The van der Waals surface area contributed by atoms with Crippen molar-refractivity contribution in [1.82, 2.24) is 4.90 Å². The van der Waals surface area contributed by atoms with E-state index >= 15 is 0 Å². The van der Waals surface area contributed by atoms with E-state index in [4.69, 9.17) is 0 Å². The molecular weight excluding hydrogens is 134 g/mol. The molecule has 0 aromatic rings. The van der Waals surface area contributed by atoms with Crippen molar-refractivity contribution >= 4 is 0 Å². The van der Waals surface area contributed by atoms with Gasteiger partial charge in [0.05, 0.1) is 0 Å². The fourth-order valence-corrected chi connectivity index (χ4v) is 1.86. The molecule has 0 radical (unpaired) electrons. The van der Waals surface area contributed by atoms with Gasteiger partial charge in [0.25, 0.3) is 0 Å². The Balaban J connectivity index is 2.40. The van der Waals surface area contributed by atoms with E-state index in [1.54, 1.807) is 0 Å². The molecular formula is C10H21N. The molecule has 0 aliphatic carbocycles. The van der Waals surface area contributed by atoms with E-state index < -0.39 is 0 Å². The van der Waals surface area contributed by atoms with Crippen LogP contribution in [0.1, 0.15) is 33.6 Å². The van der Waals surface area contributed by atoms with Crippen LogP contribution in [0.5, 0.6) is 0 Å². The van der Waals surface area contributed by atoms with Crippen LogP contribution in [0.25, 0.3) is 0 Å². The Kier molecular flexibility index (Phi) is 2.94. The van der Waals surface area contributed by atoms with Gasteiger partial charge in [-0.15, -0.1) is 0 Å². The standard InChI is InChI=1S/C10H21N/c1-8(2)10-6-5-9(3)11(4)7-10/h8-10H,5-7H2,1-4H3/t9-,10+/m1/s1. The van der Waals surface area contributed by atoms with Crippen molar-refractivity contribution in [1.29, 1.82) is 0 Å². The van der Waals surface area contributed by atoms with Gasteiger partial charge >= 0.3 is 0 Å². The lowest BCUT2D eigenvalue weighted by molar-refractivity contribution is 0.123. The van der Waals surface area contributed by atoms with E-state index in [1.165, 1.54) is 19.4 Å². The molecule has 1 aliphatic rings. The summed E-state index contributed by atoms with van der Waals surface area (Å²) in [6.45, 7) is 8.32. The van der Waals surface area contributed by atoms with Crippen LogP contribution in [0.15, 0.2) is 0 Å². The van der Waals surface area contributed by atoms with E-state index in [0.717, 1.165) is 17.9 Å². The molecule has 0 unspecified atom stereocenters. The summed E-state index contributed by atoms with van der Waals surface area (Å²) in [6, 6.07) is 0.810.